The van der Waals surface area contributed by atoms with Gasteiger partial charge in [0.1, 0.15) is 5.75 Å². The van der Waals surface area contributed by atoms with Crippen molar-refractivity contribution in [3.05, 3.63) is 28.8 Å². The minimum absolute atomic E-state index is 0.0713. The van der Waals surface area contributed by atoms with Crippen LogP contribution in [-0.4, -0.2) is 81.1 Å². The van der Waals surface area contributed by atoms with E-state index < -0.39 is 81.8 Å². The molecule has 1 aromatic rings. The number of aliphatic hydroxyl groups excluding tert-OH is 1. The van der Waals surface area contributed by atoms with E-state index in [9.17, 15) is 39.3 Å². The molecule has 8 atom stereocenters. The van der Waals surface area contributed by atoms with Crippen molar-refractivity contribution >= 4 is 29.0 Å². The zero-order valence-electron chi connectivity index (χ0n) is 22.5. The highest BCUT2D eigenvalue weighted by Crippen LogP contribution is 2.55. The number of primary amides is 1. The molecule has 0 aliphatic heterocycles. The number of hydrogen-bond acceptors (Lipinski definition) is 9. The van der Waals surface area contributed by atoms with Gasteiger partial charge in [-0.3, -0.25) is 28.9 Å². The number of phenols is 1. The van der Waals surface area contributed by atoms with Crippen molar-refractivity contribution < 1.29 is 39.3 Å². The summed E-state index contributed by atoms with van der Waals surface area (Å²) in [6, 6.07) is 2.07. The van der Waals surface area contributed by atoms with Crippen molar-refractivity contribution in [2.24, 2.45) is 29.4 Å². The van der Waals surface area contributed by atoms with E-state index in [0.717, 1.165) is 12.8 Å². The first-order valence-corrected chi connectivity index (χ1v) is 12.9. The first-order chi connectivity index (χ1) is 17.5. The monoisotopic (exact) mass is 528 g/mol. The molecule has 0 spiro atoms. The Kier molecular flexibility index (Phi) is 6.70. The fourth-order valence-corrected chi connectivity index (χ4v) is 7.29. The lowest BCUT2D eigenvalue weighted by atomic mass is 9.49. The van der Waals surface area contributed by atoms with Gasteiger partial charge in [-0.05, 0) is 37.4 Å². The van der Waals surface area contributed by atoms with Crippen LogP contribution in [0, 0.1) is 23.7 Å². The maximum absolute atomic E-state index is 14.0. The van der Waals surface area contributed by atoms with Crippen molar-refractivity contribution in [1.82, 2.24) is 4.90 Å². The van der Waals surface area contributed by atoms with E-state index in [1.807, 2.05) is 20.8 Å². The van der Waals surface area contributed by atoms with Gasteiger partial charge in [-0.1, -0.05) is 46.2 Å². The molecule has 8 unspecified atom stereocenters. The molecular weight excluding hydrogens is 492 g/mol. The summed E-state index contributed by atoms with van der Waals surface area (Å²) >= 11 is 0. The predicted molar refractivity (Wildman–Crippen MR) is 135 cm³/mol. The zero-order chi connectivity index (χ0) is 28.6. The largest absolute Gasteiger partial charge is 0.507 e. The molecule has 10 nitrogen and oxygen atoms in total. The highest BCUT2D eigenvalue weighted by Gasteiger charge is 2.72. The van der Waals surface area contributed by atoms with Gasteiger partial charge in [0.05, 0.1) is 29.5 Å². The lowest BCUT2D eigenvalue weighted by Crippen LogP contribution is -2.77. The van der Waals surface area contributed by atoms with Crippen molar-refractivity contribution in [3.63, 3.8) is 0 Å². The number of Topliss-reactive ketones (excluding diaryl/α,β-unsaturated/α-hetero) is 4. The van der Waals surface area contributed by atoms with Gasteiger partial charge in [-0.25, -0.2) is 0 Å². The summed E-state index contributed by atoms with van der Waals surface area (Å²) in [5.74, 6) is -13.0. The molecule has 3 aliphatic rings. The summed E-state index contributed by atoms with van der Waals surface area (Å²) < 4.78 is 0. The number of amides is 1. The van der Waals surface area contributed by atoms with Crippen molar-refractivity contribution in [2.75, 3.05) is 14.1 Å². The molecule has 3 aliphatic carbocycles. The summed E-state index contributed by atoms with van der Waals surface area (Å²) in [5.41, 5.74) is 2.74. The van der Waals surface area contributed by atoms with Crippen LogP contribution in [0.2, 0.25) is 0 Å². The first-order valence-electron chi connectivity index (χ1n) is 12.9. The van der Waals surface area contributed by atoms with E-state index in [-0.39, 0.29) is 11.3 Å². The molecule has 206 valence electrons. The second-order valence-corrected chi connectivity index (χ2v) is 11.9. The minimum Gasteiger partial charge on any atom is -0.507 e. The van der Waals surface area contributed by atoms with Crippen LogP contribution in [-0.2, 0) is 24.6 Å². The molecular formula is C28H36N2O8. The molecule has 38 heavy (non-hydrogen) atoms. The number of carbonyl (C=O) groups excluding carboxylic acids is 5. The fourth-order valence-electron chi connectivity index (χ4n) is 7.29. The van der Waals surface area contributed by atoms with Crippen molar-refractivity contribution in [2.45, 2.75) is 69.6 Å². The SMILES string of the molecule is CCCC(C)(C)c1ccc2c(c1O)C(=O)C1C(=O)C3(O)C(=O)C(C(N)=O)C(=O)C(N(C)C)C3C(O)C1C2C. The zero-order valence-corrected chi connectivity index (χ0v) is 22.5. The number of rotatable bonds is 5. The molecule has 5 N–H and O–H groups in total. The van der Waals surface area contributed by atoms with Crippen LogP contribution in [0.15, 0.2) is 12.1 Å². The lowest BCUT2D eigenvalue weighted by molar-refractivity contribution is -0.196. The topological polar surface area (TPSA) is 175 Å². The summed E-state index contributed by atoms with van der Waals surface area (Å²) in [7, 11) is 2.92. The summed E-state index contributed by atoms with van der Waals surface area (Å²) in [4.78, 5) is 68.0. The molecule has 2 fully saturated rings. The van der Waals surface area contributed by atoms with Gasteiger partial charge < -0.3 is 21.1 Å². The first kappa shape index (κ1) is 28.1. The van der Waals surface area contributed by atoms with E-state index in [1.54, 1.807) is 19.1 Å². The van der Waals surface area contributed by atoms with Crippen LogP contribution in [0.25, 0.3) is 0 Å². The average Bonchev–Trinajstić information content (AvgIpc) is 2.80. The van der Waals surface area contributed by atoms with Crippen LogP contribution in [0.3, 0.4) is 0 Å². The molecule has 0 heterocycles. The third kappa shape index (κ3) is 3.53. The molecule has 0 radical (unpaired) electrons. The molecule has 0 saturated heterocycles. The van der Waals surface area contributed by atoms with E-state index in [2.05, 4.69) is 0 Å². The summed E-state index contributed by atoms with van der Waals surface area (Å²) in [6.45, 7) is 7.57. The van der Waals surface area contributed by atoms with Gasteiger partial charge in [0, 0.05) is 11.5 Å². The highest BCUT2D eigenvalue weighted by molar-refractivity contribution is 6.32. The average molecular weight is 529 g/mol. The maximum Gasteiger partial charge on any atom is 0.235 e. The Hall–Kier alpha value is -2.95. The number of carbonyl (C=O) groups is 5. The standard InChI is InChI=1S/C28H36N2O8/c1-7-10-27(3,4)13-9-8-12-11(2)14-16(21(32)15(12)20(13)31)24(35)28(38)18(22(14)33)19(30(5)6)23(34)17(25(28)36)26(29)37/h8-9,11,14,16-19,22,31,33,38H,7,10H2,1-6H3,(H2,29,37). The van der Waals surface area contributed by atoms with Crippen molar-refractivity contribution in [3.8, 4) is 5.75 Å². The number of nitrogens with zero attached hydrogens (tertiary/aromatic N) is 1. The Morgan fingerprint density at radius 3 is 2.26 bits per heavy atom. The number of aliphatic hydroxyl groups is 2. The van der Waals surface area contributed by atoms with Gasteiger partial charge in [-0.2, -0.15) is 0 Å². The second-order valence-electron chi connectivity index (χ2n) is 11.9. The van der Waals surface area contributed by atoms with E-state index in [0.29, 0.717) is 11.1 Å². The predicted octanol–water partition coefficient (Wildman–Crippen LogP) is 0.477. The third-order valence-corrected chi connectivity index (χ3v) is 9.09. The lowest BCUT2D eigenvalue weighted by Gasteiger charge is -2.56. The van der Waals surface area contributed by atoms with Gasteiger partial charge in [0.25, 0.3) is 0 Å². The fraction of sp³-hybridized carbons (Fsp3) is 0.607. The number of likely N-dealkylation sites (N-methyl/N-ethyl adjacent to an activating group) is 1. The number of fused-ring (bicyclic) bond motifs is 3. The smallest absolute Gasteiger partial charge is 0.235 e. The number of phenolic OH excluding ortho intramolecular Hbond substituents is 1. The molecule has 4 rings (SSSR count). The Labute approximate surface area is 221 Å². The molecule has 0 aromatic heterocycles. The Morgan fingerprint density at radius 1 is 1.13 bits per heavy atom. The van der Waals surface area contributed by atoms with Crippen LogP contribution >= 0.6 is 0 Å². The van der Waals surface area contributed by atoms with Crippen LogP contribution in [0.1, 0.15) is 67.9 Å². The van der Waals surface area contributed by atoms with Gasteiger partial charge in [0.15, 0.2) is 34.7 Å². The maximum atomic E-state index is 14.0. The van der Waals surface area contributed by atoms with Gasteiger partial charge in [0.2, 0.25) is 5.91 Å². The van der Waals surface area contributed by atoms with E-state index in [4.69, 9.17) is 5.73 Å². The molecule has 1 aromatic carbocycles. The number of nitrogens with two attached hydrogens (primary N) is 1. The minimum atomic E-state index is -3.00. The van der Waals surface area contributed by atoms with Crippen molar-refractivity contribution in [1.29, 1.82) is 0 Å². The normalized spacial score (nSPS) is 35.1. The highest BCUT2D eigenvalue weighted by atomic mass is 16.3. The quantitative estimate of drug-likeness (QED) is 0.396. The molecule has 1 amide bonds. The molecule has 2 saturated carbocycles. The number of ketones is 4. The number of hydrogen-bond donors (Lipinski definition) is 4. The van der Waals surface area contributed by atoms with Gasteiger partial charge >= 0.3 is 0 Å². The summed E-state index contributed by atoms with van der Waals surface area (Å²) in [6.07, 6.45) is -0.0914. The van der Waals surface area contributed by atoms with Crippen LogP contribution in [0.4, 0.5) is 0 Å². The Bertz CT molecular complexity index is 1250. The number of aromatic hydroxyl groups is 1. The third-order valence-electron chi connectivity index (χ3n) is 9.09. The van der Waals surface area contributed by atoms with Gasteiger partial charge in [-0.15, -0.1) is 0 Å². The molecule has 0 bridgehead atoms. The Balaban J connectivity index is 1.94. The Morgan fingerprint density at radius 2 is 1.74 bits per heavy atom. The van der Waals surface area contributed by atoms with E-state index >= 15 is 0 Å². The summed E-state index contributed by atoms with van der Waals surface area (Å²) in [5, 5.41) is 34.6. The number of benzene rings is 1. The molecule has 10 heteroatoms. The second kappa shape index (κ2) is 9.07. The van der Waals surface area contributed by atoms with Crippen LogP contribution in [0.5, 0.6) is 5.75 Å². The van der Waals surface area contributed by atoms with E-state index in [1.165, 1.54) is 19.0 Å². The van der Waals surface area contributed by atoms with Crippen LogP contribution < -0.4 is 5.73 Å².